The van der Waals surface area contributed by atoms with E-state index in [0.29, 0.717) is 29.8 Å². The Bertz CT molecular complexity index is 1480. The van der Waals surface area contributed by atoms with E-state index in [1.54, 1.807) is 48.5 Å². The van der Waals surface area contributed by atoms with Crippen LogP contribution in [0, 0.1) is 10.8 Å². The lowest BCUT2D eigenvalue weighted by molar-refractivity contribution is 0.0678. The molecule has 1 amide bonds. The van der Waals surface area contributed by atoms with E-state index < -0.39 is 5.97 Å². The molecular formula is C33H31NO4. The standard InChI is InChI=1S/C33H31NO4/c1-32(2)27(22-12-14-24(15-13-22)31(37)38)16-18-33(3)21-34(19-17-28(32)33)30(36)26-11-7-10-25(20-26)29(35)23-8-5-4-6-9-23/h4-17,20H,18-19,21H2,1-3H3,(H,37,38)/t33-/m1/s1. The minimum absolute atomic E-state index is 0.0823. The predicted molar refractivity (Wildman–Crippen MR) is 148 cm³/mol. The Hall–Kier alpha value is -4.25. The van der Waals surface area contributed by atoms with Crippen molar-refractivity contribution in [1.29, 1.82) is 0 Å². The molecule has 3 aromatic carbocycles. The van der Waals surface area contributed by atoms with Crippen LogP contribution >= 0.6 is 0 Å². The van der Waals surface area contributed by atoms with E-state index in [4.69, 9.17) is 0 Å². The van der Waals surface area contributed by atoms with E-state index >= 15 is 0 Å². The van der Waals surface area contributed by atoms with Gasteiger partial charge in [-0.25, -0.2) is 4.79 Å². The number of carboxylic acid groups (broad SMARTS) is 1. The highest BCUT2D eigenvalue weighted by atomic mass is 16.4. The number of benzene rings is 3. The fourth-order valence-electron chi connectivity index (χ4n) is 6.09. The third-order valence-electron chi connectivity index (χ3n) is 7.95. The van der Waals surface area contributed by atoms with Gasteiger partial charge in [-0.1, -0.05) is 93.1 Å². The van der Waals surface area contributed by atoms with Gasteiger partial charge in [-0.15, -0.1) is 0 Å². The molecular weight excluding hydrogens is 474 g/mol. The fourth-order valence-corrected chi connectivity index (χ4v) is 6.09. The zero-order valence-corrected chi connectivity index (χ0v) is 21.9. The lowest BCUT2D eigenvalue weighted by Gasteiger charge is -2.50. The summed E-state index contributed by atoms with van der Waals surface area (Å²) in [5.74, 6) is -1.12. The Kier molecular flexibility index (Phi) is 6.39. The van der Waals surface area contributed by atoms with Crippen LogP contribution in [-0.4, -0.2) is 40.8 Å². The molecule has 1 N–H and O–H groups in total. The normalized spacial score (nSPS) is 20.1. The van der Waals surface area contributed by atoms with Crippen LogP contribution in [0.3, 0.4) is 0 Å². The second-order valence-electron chi connectivity index (χ2n) is 11.0. The van der Waals surface area contributed by atoms with E-state index in [1.165, 1.54) is 11.1 Å². The number of fused-ring (bicyclic) bond motifs is 1. The molecule has 0 unspecified atom stereocenters. The second-order valence-corrected chi connectivity index (χ2v) is 11.0. The van der Waals surface area contributed by atoms with Gasteiger partial charge in [-0.05, 0) is 41.8 Å². The van der Waals surface area contributed by atoms with Crippen molar-refractivity contribution < 1.29 is 19.5 Å². The van der Waals surface area contributed by atoms with Crippen molar-refractivity contribution in [2.75, 3.05) is 13.1 Å². The van der Waals surface area contributed by atoms with Crippen LogP contribution in [0.15, 0.2) is 96.6 Å². The highest BCUT2D eigenvalue weighted by Crippen LogP contribution is 2.55. The Balaban J connectivity index is 1.38. The second kappa shape index (κ2) is 9.56. The Morgan fingerprint density at radius 1 is 0.763 bits per heavy atom. The maximum absolute atomic E-state index is 13.6. The molecule has 38 heavy (non-hydrogen) atoms. The number of carbonyl (C=O) groups excluding carboxylic acids is 2. The highest BCUT2D eigenvalue weighted by molar-refractivity contribution is 6.10. The molecule has 0 aromatic heterocycles. The molecule has 3 aromatic rings. The molecule has 192 valence electrons. The molecule has 0 saturated heterocycles. The van der Waals surface area contributed by atoms with Gasteiger partial charge in [0.1, 0.15) is 0 Å². The number of amides is 1. The van der Waals surface area contributed by atoms with Gasteiger partial charge in [0.2, 0.25) is 0 Å². The summed E-state index contributed by atoms with van der Waals surface area (Å²) < 4.78 is 0. The summed E-state index contributed by atoms with van der Waals surface area (Å²) in [7, 11) is 0. The largest absolute Gasteiger partial charge is 0.478 e. The third kappa shape index (κ3) is 4.49. The first-order chi connectivity index (χ1) is 18.1. The quantitative estimate of drug-likeness (QED) is 0.317. The molecule has 0 fully saturated rings. The van der Waals surface area contributed by atoms with Crippen molar-refractivity contribution in [2.45, 2.75) is 27.2 Å². The molecule has 0 spiro atoms. The number of allylic oxidation sites excluding steroid dienone is 2. The maximum Gasteiger partial charge on any atom is 0.335 e. The Morgan fingerprint density at radius 3 is 2.11 bits per heavy atom. The number of ketones is 1. The van der Waals surface area contributed by atoms with E-state index in [-0.39, 0.29) is 28.1 Å². The van der Waals surface area contributed by atoms with Crippen LogP contribution in [0.25, 0.3) is 5.57 Å². The Morgan fingerprint density at radius 2 is 1.42 bits per heavy atom. The molecule has 1 aliphatic carbocycles. The molecule has 1 atom stereocenters. The first kappa shape index (κ1) is 25.4. The van der Waals surface area contributed by atoms with Crippen LogP contribution in [0.2, 0.25) is 0 Å². The fraction of sp³-hybridized carbons (Fsp3) is 0.242. The van der Waals surface area contributed by atoms with Crippen LogP contribution in [0.1, 0.15) is 69.4 Å². The topological polar surface area (TPSA) is 74.7 Å². The van der Waals surface area contributed by atoms with Gasteiger partial charge in [0.05, 0.1) is 5.56 Å². The van der Waals surface area contributed by atoms with E-state index in [2.05, 4.69) is 32.9 Å². The van der Waals surface area contributed by atoms with Gasteiger partial charge < -0.3 is 10.0 Å². The number of hydrogen-bond acceptors (Lipinski definition) is 3. The molecule has 1 aliphatic heterocycles. The monoisotopic (exact) mass is 505 g/mol. The van der Waals surface area contributed by atoms with Crippen molar-refractivity contribution in [3.63, 3.8) is 0 Å². The summed E-state index contributed by atoms with van der Waals surface area (Å²) in [6.07, 6.45) is 5.19. The van der Waals surface area contributed by atoms with Gasteiger partial charge >= 0.3 is 5.97 Å². The Labute approximate surface area is 223 Å². The molecule has 2 aliphatic rings. The zero-order chi connectivity index (χ0) is 27.1. The molecule has 0 radical (unpaired) electrons. The van der Waals surface area contributed by atoms with Gasteiger partial charge in [-0.2, -0.15) is 0 Å². The van der Waals surface area contributed by atoms with E-state index in [1.807, 2.05) is 35.2 Å². The summed E-state index contributed by atoms with van der Waals surface area (Å²) in [6, 6.07) is 23.1. The molecule has 5 rings (SSSR count). The number of carbonyl (C=O) groups is 3. The highest BCUT2D eigenvalue weighted by Gasteiger charge is 2.46. The van der Waals surface area contributed by atoms with Crippen molar-refractivity contribution in [1.82, 2.24) is 4.90 Å². The maximum atomic E-state index is 13.6. The number of aromatic carboxylic acids is 1. The number of hydrogen-bond donors (Lipinski definition) is 1. The van der Waals surface area contributed by atoms with Crippen LogP contribution in [-0.2, 0) is 0 Å². The summed E-state index contributed by atoms with van der Waals surface area (Å²) in [5, 5.41) is 9.25. The van der Waals surface area contributed by atoms with Crippen molar-refractivity contribution in [2.24, 2.45) is 10.8 Å². The van der Waals surface area contributed by atoms with Crippen LogP contribution in [0.4, 0.5) is 0 Å². The van der Waals surface area contributed by atoms with Crippen molar-refractivity contribution in [3.8, 4) is 0 Å². The van der Waals surface area contributed by atoms with E-state index in [0.717, 1.165) is 12.0 Å². The molecule has 0 bridgehead atoms. The minimum atomic E-state index is -0.935. The van der Waals surface area contributed by atoms with Gasteiger partial charge in [0.25, 0.3) is 5.91 Å². The third-order valence-corrected chi connectivity index (χ3v) is 7.95. The van der Waals surface area contributed by atoms with Gasteiger partial charge in [-0.3, -0.25) is 9.59 Å². The molecule has 5 heteroatoms. The van der Waals surface area contributed by atoms with Crippen LogP contribution < -0.4 is 0 Å². The average Bonchev–Trinajstić information content (AvgIpc) is 2.92. The zero-order valence-electron chi connectivity index (χ0n) is 21.9. The first-order valence-corrected chi connectivity index (χ1v) is 12.8. The van der Waals surface area contributed by atoms with Crippen molar-refractivity contribution >= 4 is 23.2 Å². The smallest absolute Gasteiger partial charge is 0.335 e. The first-order valence-electron chi connectivity index (χ1n) is 12.8. The van der Waals surface area contributed by atoms with Gasteiger partial charge in [0.15, 0.2) is 5.78 Å². The molecule has 0 saturated carbocycles. The minimum Gasteiger partial charge on any atom is -0.478 e. The van der Waals surface area contributed by atoms with Gasteiger partial charge in [0, 0.05) is 40.6 Å². The lowest BCUT2D eigenvalue weighted by atomic mass is 9.58. The number of carboxylic acids is 1. The summed E-state index contributed by atoms with van der Waals surface area (Å²) >= 11 is 0. The van der Waals surface area contributed by atoms with Crippen LogP contribution in [0.5, 0.6) is 0 Å². The number of rotatable bonds is 5. The summed E-state index contributed by atoms with van der Waals surface area (Å²) in [4.78, 5) is 39.7. The predicted octanol–water partition coefficient (Wildman–Crippen LogP) is 6.52. The number of nitrogens with zero attached hydrogens (tertiary/aromatic N) is 1. The SMILES string of the molecule is CC1(C)C(c2ccc(C(=O)O)cc2)=CC[C@]2(C)CN(C(=O)c3cccc(C(=O)c4ccccc4)c3)CC=C12. The van der Waals surface area contributed by atoms with Crippen molar-refractivity contribution in [3.05, 3.63) is 124 Å². The summed E-state index contributed by atoms with van der Waals surface area (Å²) in [5.41, 5.74) is 4.87. The lowest BCUT2D eigenvalue weighted by Crippen LogP contribution is -2.48. The molecule has 1 heterocycles. The van der Waals surface area contributed by atoms with E-state index in [9.17, 15) is 19.5 Å². The average molecular weight is 506 g/mol. The summed E-state index contributed by atoms with van der Waals surface area (Å²) in [6.45, 7) is 7.68. The molecule has 5 nitrogen and oxygen atoms in total.